The maximum atomic E-state index is 6.16. The fourth-order valence-corrected chi connectivity index (χ4v) is 2.43. The van der Waals surface area contributed by atoms with Gasteiger partial charge in [-0.3, -0.25) is 0 Å². The second-order valence-corrected chi connectivity index (χ2v) is 5.51. The van der Waals surface area contributed by atoms with E-state index >= 15 is 0 Å². The molecule has 0 saturated carbocycles. The number of rotatable bonds is 5. The van der Waals surface area contributed by atoms with Crippen LogP contribution < -0.4 is 10.5 Å². The van der Waals surface area contributed by atoms with E-state index in [-0.39, 0.29) is 0 Å². The molecule has 20 heavy (non-hydrogen) atoms. The first-order chi connectivity index (χ1) is 9.61. The molecule has 0 amide bonds. The molecule has 0 saturated heterocycles. The van der Waals surface area contributed by atoms with Crippen LogP contribution >= 0.6 is 34.8 Å². The van der Waals surface area contributed by atoms with Crippen LogP contribution in [0.4, 0.5) is 0 Å². The van der Waals surface area contributed by atoms with Crippen LogP contribution in [0.2, 0.25) is 15.1 Å². The molecule has 0 atom stereocenters. The predicted octanol–water partition coefficient (Wildman–Crippen LogP) is 4.73. The number of ether oxygens (including phenoxy) is 1. The molecule has 0 aliphatic rings. The SMILES string of the molecule is NCCc1c(Cl)cccc1OCc1ccc(Cl)c(Cl)c1. The molecule has 106 valence electrons. The van der Waals surface area contributed by atoms with Crippen molar-refractivity contribution < 1.29 is 4.74 Å². The van der Waals surface area contributed by atoms with Gasteiger partial charge in [-0.15, -0.1) is 0 Å². The summed E-state index contributed by atoms with van der Waals surface area (Å²) in [5.74, 6) is 0.744. The molecule has 5 heteroatoms. The summed E-state index contributed by atoms with van der Waals surface area (Å²) in [6.07, 6.45) is 0.677. The van der Waals surface area contributed by atoms with Gasteiger partial charge in [0.1, 0.15) is 12.4 Å². The molecule has 0 bridgehead atoms. The average molecular weight is 331 g/mol. The van der Waals surface area contributed by atoms with Gasteiger partial charge >= 0.3 is 0 Å². The van der Waals surface area contributed by atoms with Crippen LogP contribution in [-0.2, 0) is 13.0 Å². The van der Waals surface area contributed by atoms with Crippen molar-refractivity contribution in [2.75, 3.05) is 6.54 Å². The summed E-state index contributed by atoms with van der Waals surface area (Å²) in [7, 11) is 0. The lowest BCUT2D eigenvalue weighted by molar-refractivity contribution is 0.303. The summed E-state index contributed by atoms with van der Waals surface area (Å²) in [5, 5.41) is 1.71. The van der Waals surface area contributed by atoms with E-state index in [0.29, 0.717) is 34.6 Å². The Hall–Kier alpha value is -0.930. The Balaban J connectivity index is 2.14. The highest BCUT2D eigenvalue weighted by atomic mass is 35.5. The second kappa shape index (κ2) is 7.19. The first-order valence-corrected chi connectivity index (χ1v) is 7.29. The number of nitrogens with two attached hydrogens (primary N) is 1. The molecule has 0 heterocycles. The van der Waals surface area contributed by atoms with Crippen molar-refractivity contribution >= 4 is 34.8 Å². The van der Waals surface area contributed by atoms with Crippen LogP contribution in [-0.4, -0.2) is 6.54 Å². The van der Waals surface area contributed by atoms with Crippen molar-refractivity contribution in [2.45, 2.75) is 13.0 Å². The van der Waals surface area contributed by atoms with Crippen molar-refractivity contribution in [3.63, 3.8) is 0 Å². The van der Waals surface area contributed by atoms with E-state index in [1.165, 1.54) is 0 Å². The molecule has 0 unspecified atom stereocenters. The van der Waals surface area contributed by atoms with Gasteiger partial charge in [0.25, 0.3) is 0 Å². The van der Waals surface area contributed by atoms with Crippen LogP contribution in [0.3, 0.4) is 0 Å². The molecule has 0 spiro atoms. The Morgan fingerprint density at radius 2 is 1.75 bits per heavy atom. The third kappa shape index (κ3) is 3.80. The first kappa shape index (κ1) is 15.5. The lowest BCUT2D eigenvalue weighted by atomic mass is 10.1. The maximum Gasteiger partial charge on any atom is 0.124 e. The van der Waals surface area contributed by atoms with Crippen molar-refractivity contribution in [1.29, 1.82) is 0 Å². The third-order valence-corrected chi connectivity index (χ3v) is 3.94. The number of halogens is 3. The molecule has 2 nitrogen and oxygen atoms in total. The Bertz CT molecular complexity index is 602. The topological polar surface area (TPSA) is 35.2 Å². The van der Waals surface area contributed by atoms with Crippen molar-refractivity contribution in [3.8, 4) is 5.75 Å². The van der Waals surface area contributed by atoms with E-state index in [9.17, 15) is 0 Å². The van der Waals surface area contributed by atoms with E-state index < -0.39 is 0 Å². The Morgan fingerprint density at radius 1 is 0.950 bits per heavy atom. The maximum absolute atomic E-state index is 6.16. The molecule has 2 aromatic rings. The molecule has 2 N–H and O–H groups in total. The van der Waals surface area contributed by atoms with Crippen molar-refractivity contribution in [3.05, 3.63) is 62.6 Å². The zero-order chi connectivity index (χ0) is 14.5. The quantitative estimate of drug-likeness (QED) is 0.860. The molecule has 0 aliphatic carbocycles. The molecular formula is C15H14Cl3NO. The Morgan fingerprint density at radius 3 is 2.45 bits per heavy atom. The summed E-state index contributed by atoms with van der Waals surface area (Å²) in [6, 6.07) is 11.0. The van der Waals surface area contributed by atoms with E-state index in [0.717, 1.165) is 16.9 Å². The minimum absolute atomic E-state index is 0.398. The van der Waals surface area contributed by atoms with Gasteiger partial charge in [-0.1, -0.05) is 46.9 Å². The van der Waals surface area contributed by atoms with Crippen LogP contribution in [0, 0.1) is 0 Å². The minimum Gasteiger partial charge on any atom is -0.489 e. The van der Waals surface area contributed by atoms with Crippen LogP contribution in [0.1, 0.15) is 11.1 Å². The predicted molar refractivity (Wildman–Crippen MR) is 85.0 cm³/mol. The molecule has 2 rings (SSSR count). The monoisotopic (exact) mass is 329 g/mol. The minimum atomic E-state index is 0.398. The molecule has 0 fully saturated rings. The smallest absolute Gasteiger partial charge is 0.124 e. The zero-order valence-corrected chi connectivity index (χ0v) is 13.0. The Labute approximate surface area is 133 Å². The van der Waals surface area contributed by atoms with E-state index in [1.54, 1.807) is 12.1 Å². The highest BCUT2D eigenvalue weighted by Crippen LogP contribution is 2.28. The van der Waals surface area contributed by atoms with Gasteiger partial charge in [-0.05, 0) is 42.8 Å². The molecular weight excluding hydrogens is 317 g/mol. The largest absolute Gasteiger partial charge is 0.489 e. The van der Waals surface area contributed by atoms with E-state index in [4.69, 9.17) is 45.3 Å². The lowest BCUT2D eigenvalue weighted by Gasteiger charge is -2.12. The van der Waals surface area contributed by atoms with Gasteiger partial charge in [0.2, 0.25) is 0 Å². The van der Waals surface area contributed by atoms with E-state index in [1.807, 2.05) is 24.3 Å². The highest BCUT2D eigenvalue weighted by Gasteiger charge is 2.08. The normalized spacial score (nSPS) is 10.6. The van der Waals surface area contributed by atoms with Gasteiger partial charge in [0, 0.05) is 10.6 Å². The summed E-state index contributed by atoms with van der Waals surface area (Å²) in [6.45, 7) is 0.918. The van der Waals surface area contributed by atoms with Gasteiger partial charge in [-0.2, -0.15) is 0 Å². The first-order valence-electron chi connectivity index (χ1n) is 6.16. The van der Waals surface area contributed by atoms with Gasteiger partial charge < -0.3 is 10.5 Å². The lowest BCUT2D eigenvalue weighted by Crippen LogP contribution is -2.06. The second-order valence-electron chi connectivity index (χ2n) is 4.29. The summed E-state index contributed by atoms with van der Waals surface area (Å²) < 4.78 is 5.81. The average Bonchev–Trinajstić information content (AvgIpc) is 2.43. The Kier molecular flexibility index (Phi) is 5.55. The van der Waals surface area contributed by atoms with E-state index in [2.05, 4.69) is 0 Å². The van der Waals surface area contributed by atoms with Crippen LogP contribution in [0.15, 0.2) is 36.4 Å². The fraction of sp³-hybridized carbons (Fsp3) is 0.200. The summed E-state index contributed by atoms with van der Waals surface area (Å²) in [5.41, 5.74) is 7.47. The molecule has 0 radical (unpaired) electrons. The van der Waals surface area contributed by atoms with Crippen molar-refractivity contribution in [1.82, 2.24) is 0 Å². The summed E-state index contributed by atoms with van der Waals surface area (Å²) >= 11 is 18.0. The fourth-order valence-electron chi connectivity index (χ4n) is 1.85. The number of hydrogen-bond acceptors (Lipinski definition) is 2. The third-order valence-electron chi connectivity index (χ3n) is 2.85. The van der Waals surface area contributed by atoms with Crippen LogP contribution in [0.5, 0.6) is 5.75 Å². The van der Waals surface area contributed by atoms with Gasteiger partial charge in [0.15, 0.2) is 0 Å². The standard InChI is InChI=1S/C15H14Cl3NO/c16-12-2-1-3-15(11(12)6-7-19)20-9-10-4-5-13(17)14(18)8-10/h1-5,8H,6-7,9,19H2. The van der Waals surface area contributed by atoms with Crippen LogP contribution in [0.25, 0.3) is 0 Å². The molecule has 2 aromatic carbocycles. The summed E-state index contributed by atoms with van der Waals surface area (Å²) in [4.78, 5) is 0. The number of benzene rings is 2. The molecule has 0 aliphatic heterocycles. The number of hydrogen-bond donors (Lipinski definition) is 1. The van der Waals surface area contributed by atoms with Crippen molar-refractivity contribution in [2.24, 2.45) is 5.73 Å². The van der Waals surface area contributed by atoms with Gasteiger partial charge in [-0.25, -0.2) is 0 Å². The highest BCUT2D eigenvalue weighted by molar-refractivity contribution is 6.42. The zero-order valence-electron chi connectivity index (χ0n) is 10.7. The molecule has 0 aromatic heterocycles. The van der Waals surface area contributed by atoms with Gasteiger partial charge in [0.05, 0.1) is 10.0 Å².